The molecule has 2 aliphatic rings. The molecule has 1 aromatic rings. The zero-order valence-corrected chi connectivity index (χ0v) is 16.0. The van der Waals surface area contributed by atoms with Gasteiger partial charge in [-0.15, -0.1) is 0 Å². The predicted octanol–water partition coefficient (Wildman–Crippen LogP) is 1.61. The third-order valence-electron chi connectivity index (χ3n) is 5.77. The molecule has 2 saturated heterocycles. The highest BCUT2D eigenvalue weighted by Crippen LogP contribution is 2.18. The minimum atomic E-state index is -0.280. The van der Waals surface area contributed by atoms with E-state index in [9.17, 15) is 9.90 Å². The number of benzene rings is 1. The maximum absolute atomic E-state index is 13.1. The van der Waals surface area contributed by atoms with Crippen LogP contribution in [0.15, 0.2) is 30.3 Å². The molecule has 0 saturated carbocycles. The van der Waals surface area contributed by atoms with Gasteiger partial charge in [0.2, 0.25) is 5.91 Å². The van der Waals surface area contributed by atoms with Gasteiger partial charge >= 0.3 is 0 Å². The number of β-amino-alcohol motifs (C(OH)–C–C–N with tert-alkyl or cyclic N) is 1. The summed E-state index contributed by atoms with van der Waals surface area (Å²) in [6.45, 7) is 4.89. The molecule has 2 fully saturated rings. The molecule has 1 atom stereocenters. The second-order valence-corrected chi connectivity index (χ2v) is 7.89. The lowest BCUT2D eigenvalue weighted by molar-refractivity contribution is -0.136. The van der Waals surface area contributed by atoms with Gasteiger partial charge in [0, 0.05) is 19.1 Å². The van der Waals surface area contributed by atoms with Crippen LogP contribution in [0.25, 0.3) is 0 Å². The number of carbonyl (C=O) groups excluding carboxylic acids is 1. The lowest BCUT2D eigenvalue weighted by Gasteiger charge is -2.39. The van der Waals surface area contributed by atoms with E-state index >= 15 is 0 Å². The Morgan fingerprint density at radius 3 is 2.58 bits per heavy atom. The van der Waals surface area contributed by atoms with Crippen molar-refractivity contribution in [3.8, 4) is 0 Å². The first-order valence-corrected chi connectivity index (χ1v) is 10.0. The van der Waals surface area contributed by atoms with E-state index in [1.807, 2.05) is 6.07 Å². The number of aliphatic hydroxyl groups excluding tert-OH is 1. The van der Waals surface area contributed by atoms with E-state index < -0.39 is 0 Å². The molecule has 0 radical (unpaired) electrons. The van der Waals surface area contributed by atoms with Crippen molar-refractivity contribution in [3.05, 3.63) is 35.9 Å². The van der Waals surface area contributed by atoms with E-state index in [1.54, 1.807) is 0 Å². The van der Waals surface area contributed by atoms with Crippen LogP contribution in [0.3, 0.4) is 0 Å². The fourth-order valence-corrected chi connectivity index (χ4v) is 4.17. The molecule has 1 unspecified atom stereocenters. The first-order valence-electron chi connectivity index (χ1n) is 10.0. The van der Waals surface area contributed by atoms with Crippen molar-refractivity contribution in [1.82, 2.24) is 14.7 Å². The van der Waals surface area contributed by atoms with Crippen LogP contribution in [0.4, 0.5) is 0 Å². The van der Waals surface area contributed by atoms with E-state index in [-0.39, 0.29) is 12.0 Å². The van der Waals surface area contributed by atoms with Gasteiger partial charge in [0.05, 0.1) is 12.6 Å². The van der Waals surface area contributed by atoms with Gasteiger partial charge in [-0.1, -0.05) is 30.3 Å². The minimum absolute atomic E-state index is 0.226. The van der Waals surface area contributed by atoms with Crippen molar-refractivity contribution in [1.29, 1.82) is 0 Å². The highest BCUT2D eigenvalue weighted by molar-refractivity contribution is 5.78. The van der Waals surface area contributed by atoms with E-state index in [0.29, 0.717) is 19.1 Å². The smallest absolute Gasteiger partial charge is 0.237 e. The number of aliphatic hydroxyl groups is 1. The zero-order chi connectivity index (χ0) is 18.4. The van der Waals surface area contributed by atoms with Crippen LogP contribution < -0.4 is 0 Å². The molecule has 3 rings (SSSR count). The Balaban J connectivity index is 1.62. The number of piperidine rings is 2. The van der Waals surface area contributed by atoms with Crippen LogP contribution in [0.5, 0.6) is 0 Å². The third-order valence-corrected chi connectivity index (χ3v) is 5.77. The molecule has 0 aromatic heterocycles. The molecule has 5 nitrogen and oxygen atoms in total. The van der Waals surface area contributed by atoms with Gasteiger partial charge in [-0.05, 0) is 64.3 Å². The Morgan fingerprint density at radius 2 is 1.88 bits per heavy atom. The van der Waals surface area contributed by atoms with E-state index in [2.05, 4.69) is 46.0 Å². The number of rotatable bonds is 6. The van der Waals surface area contributed by atoms with E-state index in [0.717, 1.165) is 58.3 Å². The summed E-state index contributed by atoms with van der Waals surface area (Å²) in [7, 11) is 2.15. The van der Waals surface area contributed by atoms with Crippen LogP contribution in [-0.4, -0.2) is 84.2 Å². The van der Waals surface area contributed by atoms with Crippen molar-refractivity contribution in [2.75, 3.05) is 46.3 Å². The van der Waals surface area contributed by atoms with Crippen molar-refractivity contribution in [3.63, 3.8) is 0 Å². The van der Waals surface area contributed by atoms with Crippen molar-refractivity contribution in [2.24, 2.45) is 0 Å². The first kappa shape index (κ1) is 19.3. The quantitative estimate of drug-likeness (QED) is 0.838. The molecule has 5 heteroatoms. The maximum atomic E-state index is 13.1. The fraction of sp³-hybridized carbons (Fsp3) is 0.667. The standard InChI is InChI=1S/C21H33N3O2/c1-22-13-10-19(11-14-22)24(15-9-18-6-3-2-4-7-18)21(26)17-23-12-5-8-20(25)16-23/h2-4,6-7,19-20,25H,5,8-17H2,1H3. The Kier molecular flexibility index (Phi) is 7.06. The maximum Gasteiger partial charge on any atom is 0.237 e. The van der Waals surface area contributed by atoms with Crippen LogP contribution in [0.1, 0.15) is 31.2 Å². The Bertz CT molecular complexity index is 558. The largest absolute Gasteiger partial charge is 0.392 e. The molecule has 0 aliphatic carbocycles. The number of likely N-dealkylation sites (tertiary alicyclic amines) is 2. The van der Waals surface area contributed by atoms with Gasteiger partial charge in [0.1, 0.15) is 0 Å². The normalized spacial score (nSPS) is 23.1. The van der Waals surface area contributed by atoms with Crippen LogP contribution in [-0.2, 0) is 11.2 Å². The molecular formula is C21H33N3O2. The van der Waals surface area contributed by atoms with Gasteiger partial charge in [0.15, 0.2) is 0 Å². The van der Waals surface area contributed by atoms with Crippen molar-refractivity contribution < 1.29 is 9.90 Å². The fourth-order valence-electron chi connectivity index (χ4n) is 4.17. The molecule has 2 aliphatic heterocycles. The van der Waals surface area contributed by atoms with Gasteiger partial charge < -0.3 is 14.9 Å². The second-order valence-electron chi connectivity index (χ2n) is 7.89. The molecule has 26 heavy (non-hydrogen) atoms. The molecule has 0 spiro atoms. The SMILES string of the molecule is CN1CCC(N(CCc2ccccc2)C(=O)CN2CCCC(O)C2)CC1. The average molecular weight is 360 g/mol. The van der Waals surface area contributed by atoms with Gasteiger partial charge in [-0.3, -0.25) is 9.69 Å². The number of nitrogens with zero attached hydrogens (tertiary/aromatic N) is 3. The monoisotopic (exact) mass is 359 g/mol. The summed E-state index contributed by atoms with van der Waals surface area (Å²) in [5, 5.41) is 9.89. The summed E-state index contributed by atoms with van der Waals surface area (Å²) in [5.74, 6) is 0.226. The molecule has 1 aromatic carbocycles. The molecule has 144 valence electrons. The minimum Gasteiger partial charge on any atom is -0.392 e. The van der Waals surface area contributed by atoms with Gasteiger partial charge in [-0.2, -0.15) is 0 Å². The van der Waals surface area contributed by atoms with Crippen molar-refractivity contribution >= 4 is 5.91 Å². The summed E-state index contributed by atoms with van der Waals surface area (Å²) in [5.41, 5.74) is 1.28. The van der Waals surface area contributed by atoms with Crippen LogP contribution in [0, 0.1) is 0 Å². The summed E-state index contributed by atoms with van der Waals surface area (Å²) < 4.78 is 0. The number of carbonyl (C=O) groups is 1. The molecule has 1 amide bonds. The Morgan fingerprint density at radius 1 is 1.15 bits per heavy atom. The van der Waals surface area contributed by atoms with Crippen LogP contribution in [0.2, 0.25) is 0 Å². The lowest BCUT2D eigenvalue weighted by atomic mass is 10.0. The summed E-state index contributed by atoms with van der Waals surface area (Å²) in [6.07, 6.45) is 4.57. The van der Waals surface area contributed by atoms with Gasteiger partial charge in [-0.25, -0.2) is 0 Å². The van der Waals surface area contributed by atoms with Crippen molar-refractivity contribution in [2.45, 2.75) is 44.2 Å². The molecule has 2 heterocycles. The highest BCUT2D eigenvalue weighted by Gasteiger charge is 2.29. The Hall–Kier alpha value is -1.43. The topological polar surface area (TPSA) is 47.0 Å². The summed E-state index contributed by atoms with van der Waals surface area (Å²) in [6, 6.07) is 10.8. The number of hydrogen-bond donors (Lipinski definition) is 1. The van der Waals surface area contributed by atoms with Crippen LogP contribution >= 0.6 is 0 Å². The zero-order valence-electron chi connectivity index (χ0n) is 16.0. The molecular weight excluding hydrogens is 326 g/mol. The second kappa shape index (κ2) is 9.49. The average Bonchev–Trinajstić information content (AvgIpc) is 2.64. The van der Waals surface area contributed by atoms with Gasteiger partial charge in [0.25, 0.3) is 0 Å². The summed E-state index contributed by atoms with van der Waals surface area (Å²) >= 11 is 0. The molecule has 1 N–H and O–H groups in total. The lowest BCUT2D eigenvalue weighted by Crippen LogP contribution is -2.51. The van der Waals surface area contributed by atoms with E-state index in [4.69, 9.17) is 0 Å². The third kappa shape index (κ3) is 5.53. The predicted molar refractivity (Wildman–Crippen MR) is 104 cm³/mol. The molecule has 0 bridgehead atoms. The summed E-state index contributed by atoms with van der Waals surface area (Å²) in [4.78, 5) is 19.7. The first-order chi connectivity index (χ1) is 12.6. The highest BCUT2D eigenvalue weighted by atomic mass is 16.3. The van der Waals surface area contributed by atoms with E-state index in [1.165, 1.54) is 5.56 Å². The Labute approximate surface area is 157 Å². The number of hydrogen-bond acceptors (Lipinski definition) is 4. The number of amides is 1.